The molecule has 1 N–H and O–H groups in total. The van der Waals surface area contributed by atoms with Crippen molar-refractivity contribution in [3.05, 3.63) is 42.6 Å². The van der Waals surface area contributed by atoms with Crippen LogP contribution in [-0.2, 0) is 4.79 Å². The highest BCUT2D eigenvalue weighted by atomic mass is 16.5. The van der Waals surface area contributed by atoms with Gasteiger partial charge < -0.3 is 14.8 Å². The number of amides is 1. The van der Waals surface area contributed by atoms with Gasteiger partial charge >= 0.3 is 0 Å². The number of carbonyl (C=O) groups is 1. The maximum atomic E-state index is 12.9. The van der Waals surface area contributed by atoms with Crippen molar-refractivity contribution in [1.82, 2.24) is 9.38 Å². The SMILES string of the molecule is COc1ccc(-c2nc3ccccn3c2NC(=O)C2CCCCC2)cc1OC. The number of fused-ring (bicyclic) bond motifs is 1. The highest BCUT2D eigenvalue weighted by Crippen LogP contribution is 2.36. The molecule has 0 aliphatic heterocycles. The van der Waals surface area contributed by atoms with Crippen LogP contribution < -0.4 is 14.8 Å². The van der Waals surface area contributed by atoms with Gasteiger partial charge in [0, 0.05) is 17.7 Å². The molecule has 0 atom stereocenters. The Balaban J connectivity index is 1.76. The van der Waals surface area contributed by atoms with Crippen LogP contribution in [0.2, 0.25) is 0 Å². The third-order valence-corrected chi connectivity index (χ3v) is 5.40. The average molecular weight is 379 g/mol. The molecule has 1 aromatic carbocycles. The van der Waals surface area contributed by atoms with Gasteiger partial charge in [-0.3, -0.25) is 9.20 Å². The van der Waals surface area contributed by atoms with Gasteiger partial charge in [-0.1, -0.05) is 25.3 Å². The monoisotopic (exact) mass is 379 g/mol. The minimum absolute atomic E-state index is 0.0706. The maximum Gasteiger partial charge on any atom is 0.228 e. The third kappa shape index (κ3) is 3.42. The van der Waals surface area contributed by atoms with Crippen LogP contribution in [0.25, 0.3) is 16.9 Å². The molecule has 0 radical (unpaired) electrons. The van der Waals surface area contributed by atoms with Crippen LogP contribution in [0.4, 0.5) is 5.82 Å². The van der Waals surface area contributed by atoms with Crippen molar-refractivity contribution in [2.45, 2.75) is 32.1 Å². The van der Waals surface area contributed by atoms with Gasteiger partial charge in [0.2, 0.25) is 5.91 Å². The summed E-state index contributed by atoms with van der Waals surface area (Å²) in [5.74, 6) is 2.12. The number of rotatable bonds is 5. The molecule has 6 heteroatoms. The number of anilines is 1. The topological polar surface area (TPSA) is 64.9 Å². The van der Waals surface area contributed by atoms with E-state index < -0.39 is 0 Å². The first-order valence-electron chi connectivity index (χ1n) is 9.71. The van der Waals surface area contributed by atoms with Crippen molar-refractivity contribution in [2.75, 3.05) is 19.5 Å². The minimum Gasteiger partial charge on any atom is -0.493 e. The van der Waals surface area contributed by atoms with Crippen LogP contribution in [0.1, 0.15) is 32.1 Å². The number of methoxy groups -OCH3 is 2. The number of aromatic nitrogens is 2. The second-order valence-corrected chi connectivity index (χ2v) is 7.13. The van der Waals surface area contributed by atoms with Crippen molar-refractivity contribution >= 4 is 17.4 Å². The summed E-state index contributed by atoms with van der Waals surface area (Å²) in [5.41, 5.74) is 2.36. The predicted octanol–water partition coefficient (Wildman–Crippen LogP) is 4.54. The van der Waals surface area contributed by atoms with E-state index in [4.69, 9.17) is 14.5 Å². The second-order valence-electron chi connectivity index (χ2n) is 7.13. The Morgan fingerprint density at radius 1 is 1.07 bits per heavy atom. The molecule has 0 saturated heterocycles. The third-order valence-electron chi connectivity index (χ3n) is 5.40. The quantitative estimate of drug-likeness (QED) is 0.707. The summed E-state index contributed by atoms with van der Waals surface area (Å²) in [6.45, 7) is 0. The summed E-state index contributed by atoms with van der Waals surface area (Å²) in [6.07, 6.45) is 7.28. The predicted molar refractivity (Wildman–Crippen MR) is 109 cm³/mol. The molecule has 6 nitrogen and oxygen atoms in total. The molecule has 0 bridgehead atoms. The molecular formula is C22H25N3O3. The van der Waals surface area contributed by atoms with Crippen molar-refractivity contribution in [2.24, 2.45) is 5.92 Å². The van der Waals surface area contributed by atoms with E-state index in [1.807, 2.05) is 47.0 Å². The summed E-state index contributed by atoms with van der Waals surface area (Å²) in [6, 6.07) is 11.5. The van der Waals surface area contributed by atoms with E-state index in [1.165, 1.54) is 6.42 Å². The first kappa shape index (κ1) is 18.3. The molecule has 1 amide bonds. The number of imidazole rings is 1. The highest BCUT2D eigenvalue weighted by molar-refractivity contribution is 5.96. The fourth-order valence-electron chi connectivity index (χ4n) is 3.88. The van der Waals surface area contributed by atoms with E-state index in [-0.39, 0.29) is 11.8 Å². The van der Waals surface area contributed by atoms with Gasteiger partial charge in [-0.15, -0.1) is 0 Å². The van der Waals surface area contributed by atoms with Gasteiger partial charge in [0.1, 0.15) is 17.2 Å². The number of hydrogen-bond acceptors (Lipinski definition) is 4. The van der Waals surface area contributed by atoms with Crippen LogP contribution in [0, 0.1) is 5.92 Å². The lowest BCUT2D eigenvalue weighted by molar-refractivity contribution is -0.120. The molecule has 3 aromatic rings. The van der Waals surface area contributed by atoms with Gasteiger partial charge in [-0.25, -0.2) is 4.98 Å². The van der Waals surface area contributed by atoms with E-state index in [0.717, 1.165) is 42.6 Å². The van der Waals surface area contributed by atoms with Gasteiger partial charge in [-0.05, 0) is 43.2 Å². The lowest BCUT2D eigenvalue weighted by atomic mass is 9.88. The summed E-state index contributed by atoms with van der Waals surface area (Å²) in [4.78, 5) is 17.7. The van der Waals surface area contributed by atoms with Crippen molar-refractivity contribution in [3.63, 3.8) is 0 Å². The fourth-order valence-corrected chi connectivity index (χ4v) is 3.88. The molecule has 1 aliphatic rings. The molecule has 28 heavy (non-hydrogen) atoms. The first-order valence-corrected chi connectivity index (χ1v) is 9.71. The summed E-state index contributed by atoms with van der Waals surface area (Å²) in [7, 11) is 3.22. The van der Waals surface area contributed by atoms with Crippen LogP contribution in [-0.4, -0.2) is 29.5 Å². The fraction of sp³-hybridized carbons (Fsp3) is 0.364. The zero-order valence-electron chi connectivity index (χ0n) is 16.3. The normalized spacial score (nSPS) is 14.8. The van der Waals surface area contributed by atoms with Gasteiger partial charge in [0.15, 0.2) is 11.5 Å². The zero-order valence-corrected chi connectivity index (χ0v) is 16.3. The van der Waals surface area contributed by atoms with Crippen molar-refractivity contribution < 1.29 is 14.3 Å². The molecule has 2 heterocycles. The van der Waals surface area contributed by atoms with Crippen molar-refractivity contribution in [3.8, 4) is 22.8 Å². The number of nitrogens with zero attached hydrogens (tertiary/aromatic N) is 2. The molecule has 4 rings (SSSR count). The molecule has 0 spiro atoms. The van der Waals surface area contributed by atoms with E-state index in [2.05, 4.69) is 5.32 Å². The van der Waals surface area contributed by atoms with E-state index >= 15 is 0 Å². The number of benzene rings is 1. The van der Waals surface area contributed by atoms with Crippen LogP contribution in [0.15, 0.2) is 42.6 Å². The van der Waals surface area contributed by atoms with E-state index in [9.17, 15) is 4.79 Å². The number of nitrogens with one attached hydrogen (secondary N) is 1. The molecule has 1 aliphatic carbocycles. The maximum absolute atomic E-state index is 12.9. The minimum atomic E-state index is 0.0706. The Morgan fingerprint density at radius 2 is 1.86 bits per heavy atom. The van der Waals surface area contributed by atoms with E-state index in [1.54, 1.807) is 14.2 Å². The summed E-state index contributed by atoms with van der Waals surface area (Å²) < 4.78 is 12.7. The Kier molecular flexibility index (Phi) is 5.19. The molecule has 146 valence electrons. The molecule has 1 saturated carbocycles. The number of pyridine rings is 1. The number of ether oxygens (including phenoxy) is 2. The summed E-state index contributed by atoms with van der Waals surface area (Å²) >= 11 is 0. The molecule has 1 fully saturated rings. The van der Waals surface area contributed by atoms with Crippen LogP contribution in [0.3, 0.4) is 0 Å². The highest BCUT2D eigenvalue weighted by Gasteiger charge is 2.24. The largest absolute Gasteiger partial charge is 0.493 e. The Hall–Kier alpha value is -3.02. The Bertz CT molecular complexity index is 990. The smallest absolute Gasteiger partial charge is 0.228 e. The number of carbonyl (C=O) groups excluding carboxylic acids is 1. The van der Waals surface area contributed by atoms with Crippen LogP contribution in [0.5, 0.6) is 11.5 Å². The zero-order chi connectivity index (χ0) is 19.5. The van der Waals surface area contributed by atoms with Gasteiger partial charge in [-0.2, -0.15) is 0 Å². The molecular weight excluding hydrogens is 354 g/mol. The molecule has 2 aromatic heterocycles. The van der Waals surface area contributed by atoms with Crippen molar-refractivity contribution in [1.29, 1.82) is 0 Å². The first-order chi connectivity index (χ1) is 13.7. The van der Waals surface area contributed by atoms with E-state index in [0.29, 0.717) is 17.3 Å². The summed E-state index contributed by atoms with van der Waals surface area (Å²) in [5, 5.41) is 3.16. The van der Waals surface area contributed by atoms with Gasteiger partial charge in [0.25, 0.3) is 0 Å². The van der Waals surface area contributed by atoms with Gasteiger partial charge in [0.05, 0.1) is 14.2 Å². The average Bonchev–Trinajstić information content (AvgIpc) is 3.12. The van der Waals surface area contributed by atoms with Crippen LogP contribution >= 0.6 is 0 Å². The molecule has 0 unspecified atom stereocenters. The lowest BCUT2D eigenvalue weighted by Crippen LogP contribution is -2.25. The lowest BCUT2D eigenvalue weighted by Gasteiger charge is -2.21. The standard InChI is InChI=1S/C22H25N3O3/c1-27-17-12-11-16(14-18(17)28-2)20-21(25-13-7-6-10-19(25)23-20)24-22(26)15-8-4-3-5-9-15/h6-7,10-15H,3-5,8-9H2,1-2H3,(H,24,26). The number of hydrogen-bond donors (Lipinski definition) is 1. The second kappa shape index (κ2) is 7.92. The Labute approximate surface area is 164 Å². The Morgan fingerprint density at radius 3 is 2.61 bits per heavy atom.